The molecule has 1 aromatic heterocycles. The molecule has 3 aromatic rings. The molecule has 8 heteroatoms. The molecule has 1 aliphatic carbocycles. The summed E-state index contributed by atoms with van der Waals surface area (Å²) in [6.45, 7) is 1.13. The number of amides is 1. The van der Waals surface area contributed by atoms with Crippen LogP contribution in [-0.2, 0) is 16.7 Å². The summed E-state index contributed by atoms with van der Waals surface area (Å²) in [6.07, 6.45) is 1.09. The average Bonchev–Trinajstić information content (AvgIpc) is 3.47. The van der Waals surface area contributed by atoms with Gasteiger partial charge in [-0.25, -0.2) is 13.2 Å². The molecule has 1 spiro atoms. The molecule has 1 fully saturated rings. The van der Waals surface area contributed by atoms with Gasteiger partial charge in [0.2, 0.25) is 0 Å². The molecule has 34 heavy (non-hydrogen) atoms. The standard InChI is InChI=1S/C26H25F3N2O2S/c1-33-24-23(30-25(32)16-8-13-34-15-16)17-4-2-3-5-19(17)26(24)9-11-31(12-10-26)14-18-20(27)6-7-21(28)22(18)29/h2-8,13,15,23-24H,9-12,14H2,1H3,(H,30,32)/t23-,24+/m1/s1. The number of rotatable bonds is 5. The topological polar surface area (TPSA) is 41.6 Å². The summed E-state index contributed by atoms with van der Waals surface area (Å²) < 4.78 is 48.1. The lowest BCUT2D eigenvalue weighted by atomic mass is 9.71. The van der Waals surface area contributed by atoms with Gasteiger partial charge in [-0.1, -0.05) is 24.3 Å². The van der Waals surface area contributed by atoms with Crippen molar-refractivity contribution in [1.82, 2.24) is 10.2 Å². The van der Waals surface area contributed by atoms with Crippen LogP contribution in [0.15, 0.2) is 53.2 Å². The Morgan fingerprint density at radius 2 is 1.85 bits per heavy atom. The van der Waals surface area contributed by atoms with Crippen LogP contribution in [0.4, 0.5) is 13.2 Å². The highest BCUT2D eigenvalue weighted by atomic mass is 32.1. The Morgan fingerprint density at radius 1 is 1.12 bits per heavy atom. The summed E-state index contributed by atoms with van der Waals surface area (Å²) in [5, 5.41) is 6.85. The third-order valence-electron chi connectivity index (χ3n) is 7.27. The fraction of sp³-hybridized carbons (Fsp3) is 0.346. The highest BCUT2D eigenvalue weighted by Gasteiger charge is 2.54. The number of fused-ring (bicyclic) bond motifs is 2. The van der Waals surface area contributed by atoms with Gasteiger partial charge >= 0.3 is 0 Å². The molecule has 2 aromatic carbocycles. The molecule has 0 bridgehead atoms. The second-order valence-electron chi connectivity index (χ2n) is 8.96. The van der Waals surface area contributed by atoms with Gasteiger partial charge < -0.3 is 10.1 Å². The first-order valence-electron chi connectivity index (χ1n) is 11.2. The maximum Gasteiger partial charge on any atom is 0.252 e. The lowest BCUT2D eigenvalue weighted by Crippen LogP contribution is -2.50. The Balaban J connectivity index is 1.39. The normalized spacial score (nSPS) is 21.5. The summed E-state index contributed by atoms with van der Waals surface area (Å²) in [7, 11) is 1.66. The second kappa shape index (κ2) is 9.17. The van der Waals surface area contributed by atoms with Crippen LogP contribution in [0.3, 0.4) is 0 Å². The van der Waals surface area contributed by atoms with Gasteiger partial charge in [-0.15, -0.1) is 0 Å². The van der Waals surface area contributed by atoms with Crippen molar-refractivity contribution in [3.05, 3.63) is 92.9 Å². The SMILES string of the molecule is CO[C@H]1[C@H](NC(=O)c2ccsc2)c2ccccc2C12CCN(Cc1c(F)ccc(F)c1F)CC2. The third-order valence-corrected chi connectivity index (χ3v) is 7.96. The molecule has 2 aliphatic rings. The number of carbonyl (C=O) groups excluding carboxylic acids is 1. The monoisotopic (exact) mass is 486 g/mol. The molecule has 2 atom stereocenters. The van der Waals surface area contributed by atoms with E-state index in [2.05, 4.69) is 11.4 Å². The van der Waals surface area contributed by atoms with E-state index in [1.807, 2.05) is 33.9 Å². The second-order valence-corrected chi connectivity index (χ2v) is 9.74. The molecular weight excluding hydrogens is 461 g/mol. The summed E-state index contributed by atoms with van der Waals surface area (Å²) in [4.78, 5) is 14.8. The Kier molecular flexibility index (Phi) is 6.22. The number of hydrogen-bond acceptors (Lipinski definition) is 4. The number of ether oxygens (including phenoxy) is 1. The zero-order valence-electron chi connectivity index (χ0n) is 18.7. The van der Waals surface area contributed by atoms with Crippen molar-refractivity contribution in [1.29, 1.82) is 0 Å². The number of hydrogen-bond donors (Lipinski definition) is 1. The van der Waals surface area contributed by atoms with E-state index in [-0.39, 0.29) is 35.6 Å². The quantitative estimate of drug-likeness (QED) is 0.504. The number of thiophene rings is 1. The molecule has 1 saturated heterocycles. The lowest BCUT2D eigenvalue weighted by Gasteiger charge is -2.44. The van der Waals surface area contributed by atoms with Gasteiger partial charge in [0.05, 0.1) is 17.7 Å². The number of carbonyl (C=O) groups is 1. The number of methoxy groups -OCH3 is 1. The molecule has 4 nitrogen and oxygen atoms in total. The molecule has 178 valence electrons. The number of likely N-dealkylation sites (tertiary alicyclic amines) is 1. The largest absolute Gasteiger partial charge is 0.378 e. The lowest BCUT2D eigenvalue weighted by molar-refractivity contribution is -0.0124. The molecule has 1 N–H and O–H groups in total. The predicted molar refractivity (Wildman–Crippen MR) is 124 cm³/mol. The van der Waals surface area contributed by atoms with Gasteiger partial charge in [0.25, 0.3) is 5.91 Å². The van der Waals surface area contributed by atoms with E-state index in [1.165, 1.54) is 11.3 Å². The minimum Gasteiger partial charge on any atom is -0.378 e. The van der Waals surface area contributed by atoms with Crippen LogP contribution in [0.2, 0.25) is 0 Å². The van der Waals surface area contributed by atoms with Crippen LogP contribution < -0.4 is 5.32 Å². The van der Waals surface area contributed by atoms with E-state index >= 15 is 0 Å². The summed E-state index contributed by atoms with van der Waals surface area (Å²) in [5.41, 5.74) is 2.21. The van der Waals surface area contributed by atoms with E-state index in [1.54, 1.807) is 13.2 Å². The highest BCUT2D eigenvalue weighted by Crippen LogP contribution is 2.52. The molecule has 0 unspecified atom stereocenters. The van der Waals surface area contributed by atoms with Gasteiger partial charge in [-0.05, 0) is 60.6 Å². The van der Waals surface area contributed by atoms with Crippen molar-refractivity contribution in [3.63, 3.8) is 0 Å². The molecule has 2 heterocycles. The van der Waals surface area contributed by atoms with Crippen LogP contribution in [0.5, 0.6) is 0 Å². The fourth-order valence-corrected chi connectivity index (χ4v) is 6.23. The summed E-state index contributed by atoms with van der Waals surface area (Å²) in [6, 6.07) is 11.3. The Morgan fingerprint density at radius 3 is 2.56 bits per heavy atom. The van der Waals surface area contributed by atoms with Gasteiger partial charge in [-0.2, -0.15) is 11.3 Å². The van der Waals surface area contributed by atoms with Crippen molar-refractivity contribution in [2.24, 2.45) is 0 Å². The van der Waals surface area contributed by atoms with Crippen LogP contribution in [0.25, 0.3) is 0 Å². The molecule has 1 amide bonds. The van der Waals surface area contributed by atoms with Crippen LogP contribution in [0, 0.1) is 17.5 Å². The number of piperidine rings is 1. The fourth-order valence-electron chi connectivity index (χ4n) is 5.59. The smallest absolute Gasteiger partial charge is 0.252 e. The first-order chi connectivity index (χ1) is 16.4. The van der Waals surface area contributed by atoms with E-state index in [0.717, 1.165) is 23.3 Å². The molecule has 0 radical (unpaired) electrons. The van der Waals surface area contributed by atoms with Crippen molar-refractivity contribution in [2.75, 3.05) is 20.2 Å². The van der Waals surface area contributed by atoms with Crippen molar-refractivity contribution in [3.8, 4) is 0 Å². The molecule has 5 rings (SSSR count). The minimum atomic E-state index is -1.13. The zero-order valence-corrected chi connectivity index (χ0v) is 19.5. The number of nitrogens with zero attached hydrogens (tertiary/aromatic N) is 1. The molecule has 1 aliphatic heterocycles. The Labute approximate surface area is 200 Å². The first-order valence-corrected chi connectivity index (χ1v) is 12.2. The van der Waals surface area contributed by atoms with Gasteiger partial charge in [0.15, 0.2) is 11.6 Å². The zero-order chi connectivity index (χ0) is 23.9. The minimum absolute atomic E-state index is 0.00310. The third kappa shape index (κ3) is 3.83. The van der Waals surface area contributed by atoms with Crippen LogP contribution in [-0.4, -0.2) is 37.1 Å². The van der Waals surface area contributed by atoms with Crippen molar-refractivity contribution in [2.45, 2.75) is 36.9 Å². The molecular formula is C26H25F3N2O2S. The van der Waals surface area contributed by atoms with Gasteiger partial charge in [0.1, 0.15) is 5.82 Å². The maximum absolute atomic E-state index is 14.2. The Bertz CT molecular complexity index is 1190. The summed E-state index contributed by atoms with van der Waals surface area (Å²) >= 11 is 1.47. The van der Waals surface area contributed by atoms with E-state index in [4.69, 9.17) is 4.74 Å². The van der Waals surface area contributed by atoms with Crippen LogP contribution >= 0.6 is 11.3 Å². The highest BCUT2D eigenvalue weighted by molar-refractivity contribution is 7.08. The van der Waals surface area contributed by atoms with Gasteiger partial charge in [-0.3, -0.25) is 9.69 Å². The number of nitrogens with one attached hydrogen (secondary N) is 1. The average molecular weight is 487 g/mol. The molecule has 0 saturated carbocycles. The maximum atomic E-state index is 14.2. The Hall–Kier alpha value is -2.68. The summed E-state index contributed by atoms with van der Waals surface area (Å²) in [5.74, 6) is -3.05. The van der Waals surface area contributed by atoms with Crippen molar-refractivity contribution < 1.29 is 22.7 Å². The van der Waals surface area contributed by atoms with Crippen LogP contribution in [0.1, 0.15) is 45.9 Å². The van der Waals surface area contributed by atoms with Gasteiger partial charge in [0, 0.05) is 30.0 Å². The van der Waals surface area contributed by atoms with E-state index in [9.17, 15) is 18.0 Å². The van der Waals surface area contributed by atoms with Crippen molar-refractivity contribution >= 4 is 17.2 Å². The predicted octanol–water partition coefficient (Wildman–Crippen LogP) is 5.20. The van der Waals surface area contributed by atoms with E-state index < -0.39 is 17.5 Å². The first kappa shape index (κ1) is 23.1. The number of benzene rings is 2. The van der Waals surface area contributed by atoms with E-state index in [0.29, 0.717) is 31.5 Å². The number of halogens is 3.